The average Bonchev–Trinajstić information content (AvgIpc) is 0. The zero-order valence-electron chi connectivity index (χ0n) is 3.15. The molecule has 0 rings (SSSR count). The predicted octanol–water partition coefficient (Wildman–Crippen LogP) is -0.859. The van der Waals surface area contributed by atoms with Crippen molar-refractivity contribution in [3.63, 3.8) is 0 Å². The van der Waals surface area contributed by atoms with E-state index in [-0.39, 0.29) is 39.3 Å². The minimum absolute atomic E-state index is 0. The van der Waals surface area contributed by atoms with Crippen LogP contribution in [0.2, 0.25) is 0 Å². The summed E-state index contributed by atoms with van der Waals surface area (Å²) in [5.41, 5.74) is 0. The first-order valence-corrected chi connectivity index (χ1v) is 0. The smallest absolute Gasteiger partial charge is 0.0576 e. The lowest BCUT2D eigenvalue weighted by Gasteiger charge is -0.370. The third-order valence-electron chi connectivity index (χ3n) is 0. The maximum atomic E-state index is 0. The molecule has 0 bridgehead atoms. The van der Waals surface area contributed by atoms with E-state index in [9.17, 15) is 0 Å². The Hall–Kier alpha value is 0.620. The van der Waals surface area contributed by atoms with Crippen molar-refractivity contribution in [1.29, 1.82) is 0 Å². The average molecular weight is 106 g/mol. The molecule has 0 aliphatic rings. The molecule has 0 amide bonds. The van der Waals surface area contributed by atoms with Crippen LogP contribution in [0.1, 0.15) is 0 Å². The Bertz CT molecular complexity index is 4.00. The first-order valence-electron chi connectivity index (χ1n) is 0. The van der Waals surface area contributed by atoms with E-state index in [0.717, 1.165) is 0 Å². The van der Waals surface area contributed by atoms with Gasteiger partial charge in [0.2, 0.25) is 0 Å². The molecule has 2 nitrogen and oxygen atoms in total. The molecule has 0 saturated heterocycles. The van der Waals surface area contributed by atoms with Gasteiger partial charge >= 0.3 is 0 Å². The SMILES string of the molecule is [NH4+].[NH4+].[SH3+].[SH3+]. The molecule has 0 fully saturated rings. The molecule has 0 atom stereocenters. The first-order chi connectivity index (χ1) is 0. The largest absolute Gasteiger partial charge is 0.369 e. The molecule has 0 aromatic carbocycles. The number of rotatable bonds is 0. The summed E-state index contributed by atoms with van der Waals surface area (Å²) in [6, 6.07) is 0. The summed E-state index contributed by atoms with van der Waals surface area (Å²) in [6.07, 6.45) is 0. The lowest BCUT2D eigenvalue weighted by molar-refractivity contribution is 2.13. The van der Waals surface area contributed by atoms with Gasteiger partial charge < -0.3 is 12.3 Å². The van der Waals surface area contributed by atoms with Crippen molar-refractivity contribution >= 4 is 27.0 Å². The highest BCUT2D eigenvalue weighted by molar-refractivity contribution is 7.37. The summed E-state index contributed by atoms with van der Waals surface area (Å²) in [4.78, 5) is 0. The second-order valence-corrected chi connectivity index (χ2v) is 0. The van der Waals surface area contributed by atoms with Gasteiger partial charge in [0, 0.05) is 0 Å². The summed E-state index contributed by atoms with van der Waals surface area (Å²) in [7, 11) is 0. The molecular weight excluding hydrogens is 92.1 g/mol. The van der Waals surface area contributed by atoms with Crippen LogP contribution < -0.4 is 12.3 Å². The van der Waals surface area contributed by atoms with Crippen LogP contribution in [0.15, 0.2) is 0 Å². The highest BCUT2D eigenvalue weighted by Crippen LogP contribution is -0.00139. The molecule has 8 N–H and O–H groups in total. The molecule has 4 heteroatoms. The van der Waals surface area contributed by atoms with E-state index in [2.05, 4.69) is 0 Å². The Labute approximate surface area is 40.0 Å². The van der Waals surface area contributed by atoms with Gasteiger partial charge in [-0.1, -0.05) is 27.0 Å². The van der Waals surface area contributed by atoms with Gasteiger partial charge in [-0.15, -0.1) is 0 Å². The minimum atomic E-state index is 0. The number of hydrogen-bond donors (Lipinski definition) is 2. The highest BCUT2D eigenvalue weighted by atomic mass is 32.1. The molecule has 0 aliphatic carbocycles. The first kappa shape index (κ1) is 157. The van der Waals surface area contributed by atoms with Crippen molar-refractivity contribution in [2.45, 2.75) is 0 Å². The summed E-state index contributed by atoms with van der Waals surface area (Å²) in [5, 5.41) is 0. The van der Waals surface area contributed by atoms with Gasteiger partial charge in [0.05, 0.1) is 0 Å². The summed E-state index contributed by atoms with van der Waals surface area (Å²) >= 11 is 0. The molecule has 0 aromatic heterocycles. The van der Waals surface area contributed by atoms with E-state index >= 15 is 0 Å². The van der Waals surface area contributed by atoms with Crippen LogP contribution in [0.25, 0.3) is 0 Å². The molecule has 0 unspecified atom stereocenters. The van der Waals surface area contributed by atoms with Crippen molar-refractivity contribution in [1.82, 2.24) is 12.3 Å². The molecule has 0 saturated carbocycles. The zero-order valence-corrected chi connectivity index (χ0v) is 5.46. The predicted molar refractivity (Wildman–Crippen MR) is 35.1 cm³/mol. The molecular formula is H14N2S2+4. The van der Waals surface area contributed by atoms with Gasteiger partial charge in [-0.05, 0) is 0 Å². The molecule has 0 aromatic rings. The Morgan fingerprint density at radius 1 is 0.500 bits per heavy atom. The minimum Gasteiger partial charge on any atom is -0.369 e. The van der Waals surface area contributed by atoms with Crippen LogP contribution in [-0.4, -0.2) is 0 Å². The van der Waals surface area contributed by atoms with Gasteiger partial charge in [-0.3, -0.25) is 0 Å². The maximum absolute atomic E-state index is 0. The van der Waals surface area contributed by atoms with Crippen LogP contribution in [0.3, 0.4) is 0 Å². The number of quaternary nitrogens is 2. The van der Waals surface area contributed by atoms with Gasteiger partial charge in [0.15, 0.2) is 0 Å². The third kappa shape index (κ3) is 17.9. The second-order valence-electron chi connectivity index (χ2n) is 0. The standard InChI is InChI=1S/2H3N.2H2S/h2*1H3;2*1H2/p+4. The van der Waals surface area contributed by atoms with Crippen LogP contribution >= 0.6 is 0 Å². The van der Waals surface area contributed by atoms with Crippen LogP contribution in [0.4, 0.5) is 0 Å². The lowest BCUT2D eigenvalue weighted by Crippen LogP contribution is -0.482. The molecule has 32 valence electrons. The van der Waals surface area contributed by atoms with E-state index in [4.69, 9.17) is 0 Å². The third-order valence-corrected chi connectivity index (χ3v) is 0. The summed E-state index contributed by atoms with van der Waals surface area (Å²) < 4.78 is 0. The fraction of sp³-hybridized carbons (Fsp3) is 0. The fourth-order valence-corrected chi connectivity index (χ4v) is 0. The van der Waals surface area contributed by atoms with E-state index in [1.54, 1.807) is 0 Å². The maximum Gasteiger partial charge on any atom is -0.0576 e. The Balaban J connectivity index is 0. The van der Waals surface area contributed by atoms with E-state index in [1.807, 2.05) is 0 Å². The Morgan fingerprint density at radius 3 is 0.500 bits per heavy atom. The van der Waals surface area contributed by atoms with E-state index in [1.165, 1.54) is 0 Å². The van der Waals surface area contributed by atoms with Crippen LogP contribution in [0, 0.1) is 0 Å². The molecule has 0 radical (unpaired) electrons. The van der Waals surface area contributed by atoms with E-state index < -0.39 is 0 Å². The van der Waals surface area contributed by atoms with E-state index in [0.29, 0.717) is 0 Å². The molecule has 4 heavy (non-hydrogen) atoms. The van der Waals surface area contributed by atoms with Gasteiger partial charge in [-0.25, -0.2) is 0 Å². The second kappa shape index (κ2) is 64.6. The molecule has 0 spiro atoms. The number of hydrogen-bond acceptors (Lipinski definition) is 0. The highest BCUT2D eigenvalue weighted by Gasteiger charge is -0.0566. The van der Waals surface area contributed by atoms with Crippen molar-refractivity contribution < 1.29 is 0 Å². The van der Waals surface area contributed by atoms with Gasteiger partial charge in [0.25, 0.3) is 0 Å². The monoisotopic (exact) mass is 106 g/mol. The summed E-state index contributed by atoms with van der Waals surface area (Å²) in [6.45, 7) is 0. The Morgan fingerprint density at radius 2 is 0.500 bits per heavy atom. The van der Waals surface area contributed by atoms with Crippen molar-refractivity contribution in [3.05, 3.63) is 0 Å². The quantitative estimate of drug-likeness (QED) is 0.377. The lowest BCUT2D eigenvalue weighted by atomic mass is 14.0. The van der Waals surface area contributed by atoms with Gasteiger partial charge in [0.1, 0.15) is 0 Å². The fourth-order valence-electron chi connectivity index (χ4n) is 0. The van der Waals surface area contributed by atoms with Crippen LogP contribution in [-0.2, 0) is 27.0 Å². The normalized spacial score (nSPS) is 0. The Kier molecular flexibility index (Phi) is 2550. The zero-order chi connectivity index (χ0) is 0. The van der Waals surface area contributed by atoms with Crippen LogP contribution in [0.5, 0.6) is 0 Å². The summed E-state index contributed by atoms with van der Waals surface area (Å²) in [5.74, 6) is 0. The van der Waals surface area contributed by atoms with Crippen molar-refractivity contribution in [2.75, 3.05) is 0 Å². The molecule has 0 aliphatic heterocycles. The van der Waals surface area contributed by atoms with Crippen molar-refractivity contribution in [3.8, 4) is 0 Å². The topological polar surface area (TPSA) is 73.0 Å². The van der Waals surface area contributed by atoms with Gasteiger partial charge in [-0.2, -0.15) is 0 Å². The van der Waals surface area contributed by atoms with Crippen molar-refractivity contribution in [2.24, 2.45) is 0 Å². The molecule has 0 heterocycles.